The van der Waals surface area contributed by atoms with Crippen molar-refractivity contribution >= 4 is 27.8 Å². The second kappa shape index (κ2) is 6.10. The molecule has 15 heavy (non-hydrogen) atoms. The molecule has 5 heteroatoms. The average Bonchev–Trinajstić information content (AvgIpc) is 2.11. The van der Waals surface area contributed by atoms with Crippen molar-refractivity contribution in [1.82, 2.24) is 5.32 Å². The normalized spacial score (nSPS) is 15.1. The zero-order chi connectivity index (χ0) is 12.2. The third kappa shape index (κ3) is 4.64. The van der Waals surface area contributed by atoms with E-state index in [4.69, 9.17) is 5.11 Å². The molecule has 0 aromatic carbocycles. The lowest BCUT2D eigenvalue weighted by Gasteiger charge is -2.21. The van der Waals surface area contributed by atoms with Crippen molar-refractivity contribution < 1.29 is 14.7 Å². The molecule has 0 aliphatic carbocycles. The molecule has 0 heterocycles. The Hall–Kier alpha value is -0.580. The van der Waals surface area contributed by atoms with Crippen molar-refractivity contribution in [1.29, 1.82) is 0 Å². The molecule has 0 aliphatic heterocycles. The van der Waals surface area contributed by atoms with Crippen LogP contribution in [0, 0.1) is 11.8 Å². The van der Waals surface area contributed by atoms with E-state index in [1.807, 2.05) is 13.8 Å². The molecule has 2 N–H and O–H groups in total. The molecule has 0 bridgehead atoms. The molecule has 0 radical (unpaired) electrons. The van der Waals surface area contributed by atoms with Crippen LogP contribution in [0.1, 0.15) is 27.7 Å². The molecular weight excluding hydrogens is 262 g/mol. The van der Waals surface area contributed by atoms with Crippen molar-refractivity contribution in [3.8, 4) is 0 Å². The molecule has 0 rings (SSSR count). The van der Waals surface area contributed by atoms with E-state index in [1.54, 1.807) is 13.8 Å². The molecule has 1 unspecified atom stereocenters. The Kier molecular flexibility index (Phi) is 5.87. The van der Waals surface area contributed by atoms with Crippen molar-refractivity contribution in [3.05, 3.63) is 0 Å². The van der Waals surface area contributed by atoms with Gasteiger partial charge in [-0.05, 0) is 11.8 Å². The Labute approximate surface area is 98.6 Å². The van der Waals surface area contributed by atoms with Crippen molar-refractivity contribution in [3.63, 3.8) is 0 Å². The summed E-state index contributed by atoms with van der Waals surface area (Å²) in [5.74, 6) is -1.27. The molecule has 88 valence electrons. The van der Waals surface area contributed by atoms with Gasteiger partial charge < -0.3 is 10.4 Å². The summed E-state index contributed by atoms with van der Waals surface area (Å²) in [6.07, 6.45) is 0. The summed E-state index contributed by atoms with van der Waals surface area (Å²) in [6.45, 7) is 7.31. The fourth-order valence-electron chi connectivity index (χ4n) is 1.05. The molecule has 0 aliphatic rings. The van der Waals surface area contributed by atoms with Gasteiger partial charge in [0.1, 0.15) is 6.04 Å². The summed E-state index contributed by atoms with van der Waals surface area (Å²) in [4.78, 5) is 22.1. The minimum absolute atomic E-state index is 0.127. The number of aliphatic carboxylic acids is 1. The third-order valence-corrected chi connectivity index (χ3v) is 3.54. The molecule has 0 saturated heterocycles. The smallest absolute Gasteiger partial charge is 0.326 e. The van der Waals surface area contributed by atoms with E-state index in [0.717, 1.165) is 0 Å². The van der Waals surface area contributed by atoms with Crippen LogP contribution in [0.3, 0.4) is 0 Å². The SMILES string of the molecule is CC(C)C(Br)C(=O)N[C@H](C(=O)O)C(C)C. The van der Waals surface area contributed by atoms with E-state index in [9.17, 15) is 9.59 Å². The zero-order valence-corrected chi connectivity index (χ0v) is 11.0. The Balaban J connectivity index is 4.43. The van der Waals surface area contributed by atoms with Crippen LogP contribution in [-0.2, 0) is 9.59 Å². The van der Waals surface area contributed by atoms with E-state index in [-0.39, 0.29) is 22.6 Å². The second-order valence-electron chi connectivity index (χ2n) is 4.21. The third-order valence-electron chi connectivity index (χ3n) is 2.07. The van der Waals surface area contributed by atoms with Crippen LogP contribution in [0.5, 0.6) is 0 Å². The summed E-state index contributed by atoms with van der Waals surface area (Å²) < 4.78 is 0. The largest absolute Gasteiger partial charge is 0.480 e. The van der Waals surface area contributed by atoms with Gasteiger partial charge in [0, 0.05) is 0 Å². The van der Waals surface area contributed by atoms with Crippen LogP contribution >= 0.6 is 15.9 Å². The predicted molar refractivity (Wildman–Crippen MR) is 62.0 cm³/mol. The first-order valence-electron chi connectivity index (χ1n) is 4.94. The molecule has 0 saturated carbocycles. The van der Waals surface area contributed by atoms with Crippen LogP contribution in [-0.4, -0.2) is 27.9 Å². The fourth-order valence-corrected chi connectivity index (χ4v) is 1.18. The molecule has 0 spiro atoms. The number of nitrogens with one attached hydrogen (secondary N) is 1. The lowest BCUT2D eigenvalue weighted by molar-refractivity contribution is -0.143. The Bertz CT molecular complexity index is 241. The van der Waals surface area contributed by atoms with Crippen molar-refractivity contribution in [2.75, 3.05) is 0 Å². The highest BCUT2D eigenvalue weighted by atomic mass is 79.9. The van der Waals surface area contributed by atoms with Gasteiger partial charge in [-0.3, -0.25) is 4.79 Å². The number of carboxylic acids is 1. The Morgan fingerprint density at radius 2 is 1.60 bits per heavy atom. The summed E-state index contributed by atoms with van der Waals surface area (Å²) in [5, 5.41) is 11.4. The molecule has 0 aromatic heterocycles. The number of hydrogen-bond donors (Lipinski definition) is 2. The van der Waals surface area contributed by atoms with Crippen molar-refractivity contribution in [2.24, 2.45) is 11.8 Å². The maximum atomic E-state index is 11.6. The highest BCUT2D eigenvalue weighted by Gasteiger charge is 2.27. The number of amides is 1. The maximum absolute atomic E-state index is 11.6. The molecule has 2 atom stereocenters. The minimum Gasteiger partial charge on any atom is -0.480 e. The van der Waals surface area contributed by atoms with Gasteiger partial charge in [0.15, 0.2) is 0 Å². The van der Waals surface area contributed by atoms with Gasteiger partial charge in [-0.1, -0.05) is 43.6 Å². The summed E-state index contributed by atoms with van der Waals surface area (Å²) in [6, 6.07) is -0.823. The van der Waals surface area contributed by atoms with Crippen LogP contribution in [0.25, 0.3) is 0 Å². The number of carboxylic acid groups (broad SMARTS) is 1. The van der Waals surface area contributed by atoms with Gasteiger partial charge in [-0.2, -0.15) is 0 Å². The standard InChI is InChI=1S/C10H18BrNO3/c1-5(2)7(11)9(13)12-8(6(3)4)10(14)15/h5-8H,1-4H3,(H,12,13)(H,14,15)/t7?,8-/m0/s1. The molecule has 1 amide bonds. The van der Waals surface area contributed by atoms with Gasteiger partial charge in [0.25, 0.3) is 0 Å². The summed E-state index contributed by atoms with van der Waals surface area (Å²) in [5.41, 5.74) is 0. The number of halogens is 1. The first-order chi connectivity index (χ1) is 6.77. The molecule has 0 fully saturated rings. The fraction of sp³-hybridized carbons (Fsp3) is 0.800. The van der Waals surface area contributed by atoms with E-state index in [0.29, 0.717) is 0 Å². The predicted octanol–water partition coefficient (Wildman–Crippen LogP) is 1.63. The van der Waals surface area contributed by atoms with E-state index < -0.39 is 12.0 Å². The van der Waals surface area contributed by atoms with Gasteiger partial charge in [0.2, 0.25) is 5.91 Å². The first-order valence-corrected chi connectivity index (χ1v) is 5.86. The summed E-state index contributed by atoms with van der Waals surface area (Å²) in [7, 11) is 0. The number of carbonyl (C=O) groups is 2. The van der Waals surface area contributed by atoms with Crippen LogP contribution < -0.4 is 5.32 Å². The zero-order valence-electron chi connectivity index (χ0n) is 9.45. The van der Waals surface area contributed by atoms with Crippen LogP contribution in [0.15, 0.2) is 0 Å². The number of carbonyl (C=O) groups excluding carboxylic acids is 1. The average molecular weight is 280 g/mol. The van der Waals surface area contributed by atoms with Gasteiger partial charge in [-0.25, -0.2) is 4.79 Å². The number of hydrogen-bond acceptors (Lipinski definition) is 2. The number of alkyl halides is 1. The van der Waals surface area contributed by atoms with Gasteiger partial charge in [-0.15, -0.1) is 0 Å². The second-order valence-corrected chi connectivity index (χ2v) is 5.20. The number of rotatable bonds is 5. The highest BCUT2D eigenvalue weighted by molar-refractivity contribution is 9.10. The topological polar surface area (TPSA) is 66.4 Å². The molecular formula is C10H18BrNO3. The Morgan fingerprint density at radius 1 is 1.13 bits per heavy atom. The summed E-state index contributed by atoms with van der Waals surface area (Å²) >= 11 is 3.23. The van der Waals surface area contributed by atoms with Gasteiger partial charge in [0.05, 0.1) is 4.83 Å². The van der Waals surface area contributed by atoms with Gasteiger partial charge >= 0.3 is 5.97 Å². The monoisotopic (exact) mass is 279 g/mol. The van der Waals surface area contributed by atoms with Crippen molar-refractivity contribution in [2.45, 2.75) is 38.6 Å². The van der Waals surface area contributed by atoms with Crippen LogP contribution in [0.2, 0.25) is 0 Å². The van der Waals surface area contributed by atoms with E-state index >= 15 is 0 Å². The highest BCUT2D eigenvalue weighted by Crippen LogP contribution is 2.13. The molecule has 4 nitrogen and oxygen atoms in total. The lowest BCUT2D eigenvalue weighted by atomic mass is 10.0. The minimum atomic E-state index is -0.998. The molecule has 0 aromatic rings. The quantitative estimate of drug-likeness (QED) is 0.752. The van der Waals surface area contributed by atoms with E-state index in [2.05, 4.69) is 21.2 Å². The lowest BCUT2D eigenvalue weighted by Crippen LogP contribution is -2.47. The first kappa shape index (κ1) is 14.4. The maximum Gasteiger partial charge on any atom is 0.326 e. The van der Waals surface area contributed by atoms with E-state index in [1.165, 1.54) is 0 Å². The van der Waals surface area contributed by atoms with Crippen LogP contribution in [0.4, 0.5) is 0 Å². The Morgan fingerprint density at radius 3 is 1.87 bits per heavy atom.